The van der Waals surface area contributed by atoms with Crippen LogP contribution in [-0.4, -0.2) is 27.0 Å². The van der Waals surface area contributed by atoms with Crippen molar-refractivity contribution in [2.75, 3.05) is 6.79 Å². The zero-order valence-corrected chi connectivity index (χ0v) is 16.1. The van der Waals surface area contributed by atoms with Crippen LogP contribution in [0.4, 0.5) is 0 Å². The van der Waals surface area contributed by atoms with E-state index >= 15 is 0 Å². The van der Waals surface area contributed by atoms with Crippen LogP contribution in [-0.2, 0) is 7.05 Å². The second kappa shape index (κ2) is 6.35. The number of nitrogens with zero attached hydrogens (tertiary/aromatic N) is 4. The molecule has 2 aromatic heterocycles. The van der Waals surface area contributed by atoms with Crippen molar-refractivity contribution in [3.05, 3.63) is 64.7 Å². The predicted octanol–water partition coefficient (Wildman–Crippen LogP) is 3.20. The zero-order chi connectivity index (χ0) is 19.3. The highest BCUT2D eigenvalue weighted by atomic mass is 32.1. The molecule has 0 unspecified atom stereocenters. The molecule has 0 aliphatic carbocycles. The van der Waals surface area contributed by atoms with E-state index in [1.54, 1.807) is 10.9 Å². The molecule has 0 radical (unpaired) electrons. The summed E-state index contributed by atoms with van der Waals surface area (Å²) >= 11 is 1.43. The average Bonchev–Trinajstić information content (AvgIpc) is 3.39. The number of hydrogen-bond acceptors (Lipinski definition) is 5. The van der Waals surface area contributed by atoms with Gasteiger partial charge in [-0.1, -0.05) is 29.5 Å². The Morgan fingerprint density at radius 3 is 2.71 bits per heavy atom. The number of thiazole rings is 1. The molecule has 3 heterocycles. The first-order valence-electron chi connectivity index (χ1n) is 8.70. The molecule has 1 amide bonds. The predicted molar refractivity (Wildman–Crippen MR) is 105 cm³/mol. The van der Waals surface area contributed by atoms with Crippen LogP contribution in [0.25, 0.3) is 15.9 Å². The van der Waals surface area contributed by atoms with Crippen molar-refractivity contribution in [1.82, 2.24) is 14.3 Å². The van der Waals surface area contributed by atoms with E-state index in [2.05, 4.69) is 10.1 Å². The molecule has 2 aromatic carbocycles. The highest BCUT2D eigenvalue weighted by Gasteiger charge is 2.18. The molecule has 0 bridgehead atoms. The van der Waals surface area contributed by atoms with E-state index in [0.29, 0.717) is 21.9 Å². The summed E-state index contributed by atoms with van der Waals surface area (Å²) in [6.45, 7) is 2.10. The lowest BCUT2D eigenvalue weighted by Gasteiger charge is -2.03. The van der Waals surface area contributed by atoms with Gasteiger partial charge in [0.2, 0.25) is 6.79 Å². The Labute approximate surface area is 164 Å². The maximum Gasteiger partial charge on any atom is 0.283 e. The lowest BCUT2D eigenvalue weighted by atomic mass is 10.2. The molecule has 1 aliphatic heterocycles. The molecule has 8 heteroatoms. The molecule has 140 valence electrons. The number of rotatable bonds is 2. The molecule has 0 N–H and O–H groups in total. The van der Waals surface area contributed by atoms with Gasteiger partial charge in [0.1, 0.15) is 0 Å². The summed E-state index contributed by atoms with van der Waals surface area (Å²) in [4.78, 5) is 17.8. The molecule has 4 aromatic rings. The maximum absolute atomic E-state index is 12.8. The van der Waals surface area contributed by atoms with Crippen LogP contribution in [0.3, 0.4) is 0 Å². The Morgan fingerprint density at radius 2 is 1.93 bits per heavy atom. The number of carbonyl (C=O) groups excluding carboxylic acids is 1. The fourth-order valence-corrected chi connectivity index (χ4v) is 4.25. The molecule has 0 spiro atoms. The van der Waals surface area contributed by atoms with Crippen LogP contribution in [0.2, 0.25) is 0 Å². The average molecular weight is 392 g/mol. The third-order valence-corrected chi connectivity index (χ3v) is 5.84. The first-order valence-corrected chi connectivity index (χ1v) is 9.52. The third kappa shape index (κ3) is 2.61. The number of amides is 1. The molecule has 5 rings (SSSR count). The number of benzene rings is 2. The van der Waals surface area contributed by atoms with Crippen LogP contribution in [0.1, 0.15) is 16.1 Å². The zero-order valence-electron chi connectivity index (χ0n) is 15.2. The highest BCUT2D eigenvalue weighted by molar-refractivity contribution is 7.16. The van der Waals surface area contributed by atoms with Gasteiger partial charge in [-0.05, 0) is 19.1 Å². The smallest absolute Gasteiger partial charge is 0.283 e. The van der Waals surface area contributed by atoms with E-state index < -0.39 is 0 Å². The van der Waals surface area contributed by atoms with Crippen LogP contribution in [0, 0.1) is 6.92 Å². The molecule has 1 aliphatic rings. The number of fused-ring (bicyclic) bond motifs is 2. The van der Waals surface area contributed by atoms with Crippen molar-refractivity contribution < 1.29 is 14.3 Å². The molecule has 0 fully saturated rings. The molecular weight excluding hydrogens is 376 g/mol. The molecule has 0 saturated heterocycles. The van der Waals surface area contributed by atoms with E-state index in [-0.39, 0.29) is 12.7 Å². The van der Waals surface area contributed by atoms with Crippen molar-refractivity contribution in [2.45, 2.75) is 6.92 Å². The minimum atomic E-state index is -0.318. The summed E-state index contributed by atoms with van der Waals surface area (Å²) in [6, 6.07) is 13.5. The minimum Gasteiger partial charge on any atom is -0.454 e. The summed E-state index contributed by atoms with van der Waals surface area (Å²) in [5.74, 6) is 1.10. The van der Waals surface area contributed by atoms with Gasteiger partial charge in [-0.3, -0.25) is 4.79 Å². The van der Waals surface area contributed by atoms with Gasteiger partial charge in [-0.2, -0.15) is 10.1 Å². The van der Waals surface area contributed by atoms with E-state index in [0.717, 1.165) is 21.6 Å². The first kappa shape index (κ1) is 16.8. The minimum absolute atomic E-state index is 0.233. The highest BCUT2D eigenvalue weighted by Crippen LogP contribution is 2.36. The molecule has 28 heavy (non-hydrogen) atoms. The van der Waals surface area contributed by atoms with Crippen molar-refractivity contribution >= 4 is 27.5 Å². The second-order valence-electron chi connectivity index (χ2n) is 6.42. The number of carbonyl (C=O) groups is 1. The van der Waals surface area contributed by atoms with E-state index in [4.69, 9.17) is 9.47 Å². The molecule has 0 saturated carbocycles. The van der Waals surface area contributed by atoms with Crippen LogP contribution >= 0.6 is 11.3 Å². The topological polar surface area (TPSA) is 70.6 Å². The largest absolute Gasteiger partial charge is 0.454 e. The van der Waals surface area contributed by atoms with Gasteiger partial charge in [-0.25, -0.2) is 4.68 Å². The monoisotopic (exact) mass is 392 g/mol. The number of para-hydroxylation sites is 1. The Balaban J connectivity index is 1.56. The summed E-state index contributed by atoms with van der Waals surface area (Å²) in [6.07, 6.45) is 1.57. The van der Waals surface area contributed by atoms with E-state index in [1.807, 2.05) is 61.0 Å². The fourth-order valence-electron chi connectivity index (χ4n) is 3.22. The normalized spacial score (nSPS) is 13.4. The van der Waals surface area contributed by atoms with Crippen LogP contribution in [0.15, 0.2) is 53.7 Å². The number of ether oxygens (including phenoxy) is 2. The van der Waals surface area contributed by atoms with Crippen LogP contribution in [0.5, 0.6) is 11.5 Å². The summed E-state index contributed by atoms with van der Waals surface area (Å²) in [7, 11) is 1.88. The summed E-state index contributed by atoms with van der Waals surface area (Å²) in [5.41, 5.74) is 3.08. The first-order chi connectivity index (χ1) is 13.6. The number of hydrogen-bond donors (Lipinski definition) is 0. The second-order valence-corrected chi connectivity index (χ2v) is 7.43. The Bertz CT molecular complexity index is 1280. The van der Waals surface area contributed by atoms with Gasteiger partial charge in [0.15, 0.2) is 16.3 Å². The van der Waals surface area contributed by atoms with Gasteiger partial charge in [-0.15, -0.1) is 0 Å². The lowest BCUT2D eigenvalue weighted by molar-refractivity contribution is 0.0997. The Morgan fingerprint density at radius 1 is 1.18 bits per heavy atom. The van der Waals surface area contributed by atoms with Gasteiger partial charge in [0.05, 0.1) is 33.4 Å². The standard InChI is InChI=1S/C20H16N4O3S/c1-12-14(10-21-24(12)13-6-4-3-5-7-13)19(25)22-20-23(2)15-8-16-17(27-11-26-16)9-18(15)28-20/h3-10H,11H2,1-2H3. The SMILES string of the molecule is Cc1c(C(=O)N=c2sc3cc4c(cc3n2C)OCO4)cnn1-c1ccccc1. The summed E-state index contributed by atoms with van der Waals surface area (Å²) < 4.78 is 15.5. The van der Waals surface area contributed by atoms with Gasteiger partial charge in [0, 0.05) is 19.2 Å². The molecular formula is C20H16N4O3S. The number of aromatic nitrogens is 3. The van der Waals surface area contributed by atoms with Crippen molar-refractivity contribution in [2.24, 2.45) is 12.0 Å². The Hall–Kier alpha value is -3.39. The lowest BCUT2D eigenvalue weighted by Crippen LogP contribution is -2.13. The molecule has 7 nitrogen and oxygen atoms in total. The van der Waals surface area contributed by atoms with Crippen molar-refractivity contribution in [3.8, 4) is 17.2 Å². The quantitative estimate of drug-likeness (QED) is 0.525. The van der Waals surface area contributed by atoms with Gasteiger partial charge in [0.25, 0.3) is 5.91 Å². The van der Waals surface area contributed by atoms with Gasteiger partial charge < -0.3 is 14.0 Å². The molecule has 0 atom stereocenters. The maximum atomic E-state index is 12.8. The summed E-state index contributed by atoms with van der Waals surface area (Å²) in [5, 5.41) is 4.36. The van der Waals surface area contributed by atoms with E-state index in [9.17, 15) is 4.79 Å². The Kier molecular flexibility index (Phi) is 3.80. The van der Waals surface area contributed by atoms with E-state index in [1.165, 1.54) is 11.3 Å². The fraction of sp³-hybridized carbons (Fsp3) is 0.150. The van der Waals surface area contributed by atoms with Crippen molar-refractivity contribution in [1.29, 1.82) is 0 Å². The van der Waals surface area contributed by atoms with Crippen molar-refractivity contribution in [3.63, 3.8) is 0 Å². The van der Waals surface area contributed by atoms with Gasteiger partial charge >= 0.3 is 0 Å². The number of aryl methyl sites for hydroxylation is 1. The third-order valence-electron chi connectivity index (χ3n) is 4.74. The van der Waals surface area contributed by atoms with Crippen LogP contribution < -0.4 is 14.3 Å².